The van der Waals surface area contributed by atoms with Crippen molar-refractivity contribution in [2.75, 3.05) is 39.6 Å². The van der Waals surface area contributed by atoms with E-state index in [1.54, 1.807) is 0 Å². The Bertz CT molecular complexity index is 1670. The Kier molecular flexibility index (Phi) is 59.2. The lowest BCUT2D eigenvalue weighted by molar-refractivity contribution is -0.161. The maximum Gasteiger partial charge on any atom is 0.472 e. The first-order valence-electron chi connectivity index (χ1n) is 35.1. The van der Waals surface area contributed by atoms with E-state index in [4.69, 9.17) is 37.0 Å². The Morgan fingerprint density at radius 1 is 0.314 bits per heavy atom. The van der Waals surface area contributed by atoms with Gasteiger partial charge in [-0.2, -0.15) is 0 Å². The minimum atomic E-state index is -4.94. The quantitative estimate of drug-likeness (QED) is 0.0222. The van der Waals surface area contributed by atoms with Gasteiger partial charge in [0.15, 0.2) is 12.2 Å². The molecule has 3 N–H and O–H groups in total. The number of rotatable bonds is 67. The van der Waals surface area contributed by atoms with Gasteiger partial charge in [0.05, 0.1) is 26.4 Å². The molecule has 0 spiro atoms. The van der Waals surface area contributed by atoms with E-state index < -0.39 is 97.5 Å². The van der Waals surface area contributed by atoms with Gasteiger partial charge in [-0.3, -0.25) is 37.3 Å². The molecule has 19 heteroatoms. The molecule has 0 rings (SSSR count). The zero-order valence-corrected chi connectivity index (χ0v) is 57.2. The maximum atomic E-state index is 13.0. The van der Waals surface area contributed by atoms with E-state index in [9.17, 15) is 43.2 Å². The molecule has 0 radical (unpaired) electrons. The van der Waals surface area contributed by atoms with Crippen LogP contribution in [0.1, 0.15) is 343 Å². The molecule has 5 atom stereocenters. The highest BCUT2D eigenvalue weighted by atomic mass is 31.2. The lowest BCUT2D eigenvalue weighted by Crippen LogP contribution is -2.30. The SMILES string of the molecule is CCCCCCCCCCCCCCCCCCCCCCCC(=O)O[C@H](COC(=O)CCCCCCCCC(C)C)COP(=O)(O)OC[C@@H](O)COP(=O)(O)OC[C@@H](COC(=O)CCCCCCCCCC)OC(=O)CCCCCCCCCC. The lowest BCUT2D eigenvalue weighted by Gasteiger charge is -2.21. The first-order chi connectivity index (χ1) is 41.5. The predicted octanol–water partition coefficient (Wildman–Crippen LogP) is 19.0. The molecule has 2 unspecified atom stereocenters. The number of aliphatic hydroxyl groups is 1. The van der Waals surface area contributed by atoms with Crippen molar-refractivity contribution in [1.29, 1.82) is 0 Å². The largest absolute Gasteiger partial charge is 0.472 e. The van der Waals surface area contributed by atoms with Gasteiger partial charge in [-0.05, 0) is 31.6 Å². The van der Waals surface area contributed by atoms with E-state index in [-0.39, 0.29) is 25.7 Å². The summed E-state index contributed by atoms with van der Waals surface area (Å²) in [6.45, 7) is 7.08. The third kappa shape index (κ3) is 60.9. The summed E-state index contributed by atoms with van der Waals surface area (Å²) in [5.41, 5.74) is 0. The zero-order chi connectivity index (χ0) is 63.5. The molecule has 0 saturated heterocycles. The minimum absolute atomic E-state index is 0.105. The molecule has 86 heavy (non-hydrogen) atoms. The molecule has 17 nitrogen and oxygen atoms in total. The summed E-state index contributed by atoms with van der Waals surface area (Å²) >= 11 is 0. The highest BCUT2D eigenvalue weighted by molar-refractivity contribution is 7.47. The summed E-state index contributed by atoms with van der Waals surface area (Å²) in [5.74, 6) is -1.46. The number of hydrogen-bond acceptors (Lipinski definition) is 15. The molecule has 0 saturated carbocycles. The number of carbonyl (C=O) groups excluding carboxylic acids is 4. The van der Waals surface area contributed by atoms with Crippen molar-refractivity contribution in [2.45, 2.75) is 361 Å². The average Bonchev–Trinajstić information content (AvgIpc) is 3.63. The summed E-state index contributed by atoms with van der Waals surface area (Å²) in [6.07, 6.45) is 46.3. The Morgan fingerprint density at radius 3 is 0.791 bits per heavy atom. The monoisotopic (exact) mass is 1270 g/mol. The summed E-state index contributed by atoms with van der Waals surface area (Å²) < 4.78 is 67.9. The first kappa shape index (κ1) is 84.1. The number of carbonyl (C=O) groups is 4. The van der Waals surface area contributed by atoms with Crippen LogP contribution in [0, 0.1) is 5.92 Å². The van der Waals surface area contributed by atoms with Gasteiger partial charge in [0, 0.05) is 25.7 Å². The topological polar surface area (TPSA) is 237 Å². The van der Waals surface area contributed by atoms with E-state index in [0.717, 1.165) is 109 Å². The third-order valence-electron chi connectivity index (χ3n) is 15.5. The van der Waals surface area contributed by atoms with Crippen LogP contribution in [0.25, 0.3) is 0 Å². The van der Waals surface area contributed by atoms with Crippen LogP contribution in [0.3, 0.4) is 0 Å². The predicted molar refractivity (Wildman–Crippen MR) is 345 cm³/mol. The van der Waals surface area contributed by atoms with Crippen LogP contribution in [-0.2, 0) is 65.4 Å². The van der Waals surface area contributed by atoms with Crippen molar-refractivity contribution >= 4 is 39.5 Å². The Morgan fingerprint density at radius 2 is 0.535 bits per heavy atom. The standard InChI is InChI=1S/C67H130O17P2/c1-6-9-12-15-18-21-22-23-24-25-26-27-28-29-30-31-32-33-36-43-48-53-67(72)84-63(57-78-65(70)51-46-41-38-37-39-44-49-60(4)5)59-82-86(75,76)80-55-61(68)54-79-85(73,74)81-58-62(83-66(71)52-47-42-35-20-17-14-11-8-3)56-77-64(69)50-45-40-34-19-16-13-10-7-2/h60-63,68H,6-59H2,1-5H3,(H,73,74)(H,75,76)/t61-,62+,63+/m0/s1. The second kappa shape index (κ2) is 60.6. The lowest BCUT2D eigenvalue weighted by atomic mass is 10.0. The molecule has 0 aliphatic rings. The molecule has 0 amide bonds. The molecule has 0 aromatic rings. The fraction of sp³-hybridized carbons (Fsp3) is 0.940. The normalized spacial score (nSPS) is 14.2. The van der Waals surface area contributed by atoms with Crippen LogP contribution >= 0.6 is 15.6 Å². The van der Waals surface area contributed by atoms with E-state index >= 15 is 0 Å². The van der Waals surface area contributed by atoms with Gasteiger partial charge < -0.3 is 33.8 Å². The van der Waals surface area contributed by atoms with Crippen molar-refractivity contribution in [2.24, 2.45) is 5.92 Å². The average molecular weight is 1270 g/mol. The molecular formula is C67H130O17P2. The fourth-order valence-electron chi connectivity index (χ4n) is 10.1. The van der Waals surface area contributed by atoms with Crippen molar-refractivity contribution in [3.63, 3.8) is 0 Å². The minimum Gasteiger partial charge on any atom is -0.462 e. The Balaban J connectivity index is 5.08. The Labute approximate surface area is 524 Å². The number of unbranched alkanes of at least 4 members (excludes halogenated alkanes) is 39. The van der Waals surface area contributed by atoms with Gasteiger partial charge >= 0.3 is 39.5 Å². The first-order valence-corrected chi connectivity index (χ1v) is 38.1. The Hall–Kier alpha value is -1.94. The molecule has 510 valence electrons. The second-order valence-electron chi connectivity index (χ2n) is 24.7. The van der Waals surface area contributed by atoms with Crippen LogP contribution < -0.4 is 0 Å². The molecule has 0 fully saturated rings. The van der Waals surface area contributed by atoms with E-state index in [1.807, 2.05) is 0 Å². The van der Waals surface area contributed by atoms with Crippen LogP contribution in [0.2, 0.25) is 0 Å². The summed E-state index contributed by atoms with van der Waals surface area (Å²) in [4.78, 5) is 72.1. The molecular weight excluding hydrogens is 1140 g/mol. The van der Waals surface area contributed by atoms with Gasteiger partial charge in [0.1, 0.15) is 19.3 Å². The van der Waals surface area contributed by atoms with Crippen molar-refractivity contribution in [3.8, 4) is 0 Å². The molecule has 0 aliphatic heterocycles. The van der Waals surface area contributed by atoms with Gasteiger partial charge in [-0.25, -0.2) is 9.13 Å². The fourth-order valence-corrected chi connectivity index (χ4v) is 11.7. The van der Waals surface area contributed by atoms with Gasteiger partial charge in [0.25, 0.3) is 0 Å². The van der Waals surface area contributed by atoms with E-state index in [2.05, 4.69) is 34.6 Å². The van der Waals surface area contributed by atoms with Gasteiger partial charge in [-0.1, -0.05) is 291 Å². The smallest absolute Gasteiger partial charge is 0.462 e. The van der Waals surface area contributed by atoms with Crippen molar-refractivity contribution in [1.82, 2.24) is 0 Å². The number of phosphoric acid groups is 2. The molecule has 0 bridgehead atoms. The number of aliphatic hydroxyl groups excluding tert-OH is 1. The zero-order valence-electron chi connectivity index (χ0n) is 55.4. The number of phosphoric ester groups is 2. The highest BCUT2D eigenvalue weighted by Crippen LogP contribution is 2.45. The van der Waals surface area contributed by atoms with Crippen LogP contribution in [0.15, 0.2) is 0 Å². The van der Waals surface area contributed by atoms with Gasteiger partial charge in [0.2, 0.25) is 0 Å². The summed E-state index contributed by atoms with van der Waals surface area (Å²) in [5, 5.41) is 10.5. The van der Waals surface area contributed by atoms with Crippen LogP contribution in [-0.4, -0.2) is 96.7 Å². The molecule has 0 heterocycles. The van der Waals surface area contributed by atoms with Crippen LogP contribution in [0.5, 0.6) is 0 Å². The van der Waals surface area contributed by atoms with Crippen molar-refractivity contribution < 1.29 is 80.2 Å². The summed E-state index contributed by atoms with van der Waals surface area (Å²) in [7, 11) is -9.88. The van der Waals surface area contributed by atoms with Crippen LogP contribution in [0.4, 0.5) is 0 Å². The number of hydrogen-bond donors (Lipinski definition) is 3. The second-order valence-corrected chi connectivity index (χ2v) is 27.6. The molecule has 0 aromatic heterocycles. The third-order valence-corrected chi connectivity index (χ3v) is 17.4. The molecule has 0 aliphatic carbocycles. The molecule has 0 aromatic carbocycles. The highest BCUT2D eigenvalue weighted by Gasteiger charge is 2.30. The summed E-state index contributed by atoms with van der Waals surface area (Å²) in [6, 6.07) is 0. The van der Waals surface area contributed by atoms with Gasteiger partial charge in [-0.15, -0.1) is 0 Å². The van der Waals surface area contributed by atoms with E-state index in [1.165, 1.54) is 148 Å². The number of esters is 4. The number of ether oxygens (including phenoxy) is 4. The maximum absolute atomic E-state index is 13.0. The van der Waals surface area contributed by atoms with E-state index in [0.29, 0.717) is 31.6 Å². The van der Waals surface area contributed by atoms with Crippen molar-refractivity contribution in [3.05, 3.63) is 0 Å².